The van der Waals surface area contributed by atoms with Gasteiger partial charge >= 0.3 is 0 Å². The van der Waals surface area contributed by atoms with Crippen LogP contribution in [0, 0.1) is 11.3 Å². The van der Waals surface area contributed by atoms with Gasteiger partial charge in [0.2, 0.25) is 0 Å². The van der Waals surface area contributed by atoms with Gasteiger partial charge in [0.15, 0.2) is 5.16 Å². The number of thioether (sulfide) groups is 1. The molecule has 17 heavy (non-hydrogen) atoms. The number of nitrogens with zero attached hydrogens (tertiary/aromatic N) is 4. The van der Waals surface area contributed by atoms with Gasteiger partial charge in [0.05, 0.1) is 6.07 Å². The Morgan fingerprint density at radius 2 is 2.41 bits per heavy atom. The Kier molecular flexibility index (Phi) is 4.97. The number of aromatic nitrogens is 3. The van der Waals surface area contributed by atoms with Crippen molar-refractivity contribution in [2.24, 2.45) is 7.05 Å². The molecule has 0 aromatic carbocycles. The van der Waals surface area contributed by atoms with E-state index in [0.29, 0.717) is 5.25 Å². The monoisotopic (exact) mass is 253 g/mol. The van der Waals surface area contributed by atoms with Crippen molar-refractivity contribution in [1.29, 1.82) is 5.26 Å². The zero-order valence-corrected chi connectivity index (χ0v) is 11.6. The van der Waals surface area contributed by atoms with Crippen molar-refractivity contribution in [2.75, 3.05) is 6.54 Å². The molecule has 6 heteroatoms. The summed E-state index contributed by atoms with van der Waals surface area (Å²) < 4.78 is 1.89. The van der Waals surface area contributed by atoms with Crippen LogP contribution in [-0.2, 0) is 7.05 Å². The Balaban J connectivity index is 2.57. The van der Waals surface area contributed by atoms with Gasteiger partial charge in [0.25, 0.3) is 0 Å². The average molecular weight is 253 g/mol. The number of rotatable bonds is 6. The summed E-state index contributed by atoms with van der Waals surface area (Å²) in [7, 11) is 1.92. The summed E-state index contributed by atoms with van der Waals surface area (Å²) in [5, 5.41) is 21.5. The van der Waals surface area contributed by atoms with Crippen molar-refractivity contribution in [3.63, 3.8) is 0 Å². The Hall–Kier alpha value is -1.06. The van der Waals surface area contributed by atoms with E-state index in [0.717, 1.165) is 18.1 Å². The molecule has 0 bridgehead atoms. The van der Waals surface area contributed by atoms with Crippen LogP contribution >= 0.6 is 11.8 Å². The summed E-state index contributed by atoms with van der Waals surface area (Å²) in [4.78, 5) is 0. The topological polar surface area (TPSA) is 66.5 Å². The van der Waals surface area contributed by atoms with Gasteiger partial charge in [-0.15, -0.1) is 10.2 Å². The molecule has 2 unspecified atom stereocenters. The average Bonchev–Trinajstić information content (AvgIpc) is 2.64. The van der Waals surface area contributed by atoms with Crippen LogP contribution in [0.1, 0.15) is 27.2 Å². The summed E-state index contributed by atoms with van der Waals surface area (Å²) in [5.41, 5.74) is -0.472. The number of nitriles is 1. The van der Waals surface area contributed by atoms with Crippen molar-refractivity contribution < 1.29 is 0 Å². The SMILES string of the molecule is CCNC(C)(C#N)CC(C)Sc1nncn1C. The second kappa shape index (κ2) is 6.03. The molecule has 0 aliphatic heterocycles. The lowest BCUT2D eigenvalue weighted by molar-refractivity contribution is 0.429. The maximum Gasteiger partial charge on any atom is 0.190 e. The van der Waals surface area contributed by atoms with Gasteiger partial charge in [0, 0.05) is 12.3 Å². The van der Waals surface area contributed by atoms with Crippen molar-refractivity contribution in [1.82, 2.24) is 20.1 Å². The summed E-state index contributed by atoms with van der Waals surface area (Å²) in [5.74, 6) is 0. The molecule has 1 rings (SSSR count). The van der Waals surface area contributed by atoms with Crippen LogP contribution in [0.4, 0.5) is 0 Å². The third kappa shape index (κ3) is 4.02. The van der Waals surface area contributed by atoms with Crippen LogP contribution in [0.2, 0.25) is 0 Å². The fraction of sp³-hybridized carbons (Fsp3) is 0.727. The highest BCUT2D eigenvalue weighted by atomic mass is 32.2. The minimum absolute atomic E-state index is 0.307. The minimum Gasteiger partial charge on any atom is -0.312 e. The minimum atomic E-state index is -0.472. The number of nitrogens with one attached hydrogen (secondary N) is 1. The number of hydrogen-bond acceptors (Lipinski definition) is 5. The van der Waals surface area contributed by atoms with Gasteiger partial charge in [0.1, 0.15) is 11.9 Å². The molecule has 0 fully saturated rings. The van der Waals surface area contributed by atoms with E-state index in [4.69, 9.17) is 0 Å². The standard InChI is InChI=1S/C11H19N5S/c1-5-13-11(3,7-12)6-9(2)17-10-15-14-8-16(10)4/h8-9,13H,5-6H2,1-4H3. The van der Waals surface area contributed by atoms with Crippen LogP contribution < -0.4 is 5.32 Å². The molecular formula is C11H19N5S. The molecule has 0 spiro atoms. The third-order valence-electron chi connectivity index (χ3n) is 2.49. The van der Waals surface area contributed by atoms with Crippen LogP contribution in [0.25, 0.3) is 0 Å². The first-order valence-electron chi connectivity index (χ1n) is 5.67. The molecular weight excluding hydrogens is 234 g/mol. The summed E-state index contributed by atoms with van der Waals surface area (Å²) >= 11 is 1.64. The predicted octanol–water partition coefficient (Wildman–Crippen LogP) is 1.58. The third-order valence-corrected chi connectivity index (χ3v) is 3.64. The van der Waals surface area contributed by atoms with Gasteiger partial charge in [-0.3, -0.25) is 5.32 Å². The summed E-state index contributed by atoms with van der Waals surface area (Å²) in [6, 6.07) is 2.34. The highest BCUT2D eigenvalue weighted by Gasteiger charge is 2.26. The lowest BCUT2D eigenvalue weighted by atomic mass is 9.98. The van der Waals surface area contributed by atoms with Gasteiger partial charge in [-0.2, -0.15) is 5.26 Å². The number of aryl methyl sites for hydroxylation is 1. The van der Waals surface area contributed by atoms with E-state index in [1.807, 2.05) is 25.5 Å². The molecule has 1 aromatic rings. The van der Waals surface area contributed by atoms with Crippen LogP contribution in [0.3, 0.4) is 0 Å². The Morgan fingerprint density at radius 1 is 1.71 bits per heavy atom. The van der Waals surface area contributed by atoms with E-state index in [-0.39, 0.29) is 0 Å². The molecule has 0 saturated carbocycles. The van der Waals surface area contributed by atoms with Gasteiger partial charge < -0.3 is 4.57 Å². The van der Waals surface area contributed by atoms with Crippen LogP contribution in [-0.4, -0.2) is 32.1 Å². The predicted molar refractivity (Wildman–Crippen MR) is 68.6 cm³/mol. The molecule has 1 aromatic heterocycles. The first-order chi connectivity index (χ1) is 8.00. The zero-order valence-electron chi connectivity index (χ0n) is 10.8. The summed E-state index contributed by atoms with van der Waals surface area (Å²) in [6.45, 7) is 6.85. The van der Waals surface area contributed by atoms with Gasteiger partial charge in [-0.1, -0.05) is 25.6 Å². The first-order valence-corrected chi connectivity index (χ1v) is 6.55. The summed E-state index contributed by atoms with van der Waals surface area (Å²) in [6.07, 6.45) is 2.46. The van der Waals surface area contributed by atoms with E-state index < -0.39 is 5.54 Å². The lowest BCUT2D eigenvalue weighted by Crippen LogP contribution is -2.42. The van der Waals surface area contributed by atoms with Crippen LogP contribution in [0.15, 0.2) is 11.5 Å². The Morgan fingerprint density at radius 3 is 2.88 bits per heavy atom. The van der Waals surface area contributed by atoms with Crippen molar-refractivity contribution >= 4 is 11.8 Å². The molecule has 2 atom stereocenters. The highest BCUT2D eigenvalue weighted by molar-refractivity contribution is 7.99. The smallest absolute Gasteiger partial charge is 0.190 e. The van der Waals surface area contributed by atoms with E-state index in [1.165, 1.54) is 0 Å². The largest absolute Gasteiger partial charge is 0.312 e. The van der Waals surface area contributed by atoms with E-state index in [2.05, 4.69) is 28.5 Å². The molecule has 1 heterocycles. The maximum absolute atomic E-state index is 9.19. The Labute approximate surface area is 107 Å². The molecule has 0 aliphatic carbocycles. The maximum atomic E-state index is 9.19. The fourth-order valence-electron chi connectivity index (χ4n) is 1.72. The molecule has 5 nitrogen and oxygen atoms in total. The van der Waals surface area contributed by atoms with E-state index in [9.17, 15) is 5.26 Å². The molecule has 1 N–H and O–H groups in total. The molecule has 0 saturated heterocycles. The number of hydrogen-bond donors (Lipinski definition) is 1. The second-order valence-electron chi connectivity index (χ2n) is 4.33. The van der Waals surface area contributed by atoms with Crippen molar-refractivity contribution in [2.45, 2.75) is 43.1 Å². The first kappa shape index (κ1) is 14.0. The van der Waals surface area contributed by atoms with Crippen molar-refractivity contribution in [3.8, 4) is 6.07 Å². The fourth-order valence-corrected chi connectivity index (χ4v) is 2.81. The molecule has 0 amide bonds. The van der Waals surface area contributed by atoms with E-state index in [1.54, 1.807) is 18.1 Å². The zero-order chi connectivity index (χ0) is 12.9. The van der Waals surface area contributed by atoms with Gasteiger partial charge in [-0.05, 0) is 19.9 Å². The highest BCUT2D eigenvalue weighted by Crippen LogP contribution is 2.26. The quantitative estimate of drug-likeness (QED) is 0.780. The molecule has 0 aliphatic rings. The lowest BCUT2D eigenvalue weighted by Gasteiger charge is -2.25. The normalized spacial score (nSPS) is 16.2. The Bertz CT molecular complexity index is 397. The van der Waals surface area contributed by atoms with E-state index >= 15 is 0 Å². The molecule has 0 radical (unpaired) electrons. The molecule has 94 valence electrons. The van der Waals surface area contributed by atoms with Gasteiger partial charge in [-0.25, -0.2) is 0 Å². The second-order valence-corrected chi connectivity index (χ2v) is 5.74. The van der Waals surface area contributed by atoms with Crippen molar-refractivity contribution in [3.05, 3.63) is 6.33 Å². The van der Waals surface area contributed by atoms with Crippen LogP contribution in [0.5, 0.6) is 0 Å².